The van der Waals surface area contributed by atoms with Crippen molar-refractivity contribution >= 4 is 5.91 Å². The van der Waals surface area contributed by atoms with Gasteiger partial charge >= 0.3 is 0 Å². The van der Waals surface area contributed by atoms with Gasteiger partial charge in [0.15, 0.2) is 0 Å². The lowest BCUT2D eigenvalue weighted by molar-refractivity contribution is -0.123. The molecule has 0 aromatic rings. The number of rotatable bonds is 68. The molecule has 2 unspecified atom stereocenters. The first kappa shape index (κ1) is 80.3. The summed E-state index contributed by atoms with van der Waals surface area (Å²) < 4.78 is 0. The van der Waals surface area contributed by atoms with Crippen molar-refractivity contribution in [2.75, 3.05) is 6.61 Å². The Balaban J connectivity index is 3.45. The van der Waals surface area contributed by atoms with Crippen LogP contribution < -0.4 is 5.32 Å². The average molecular weight is 1160 g/mol. The molecule has 1 amide bonds. The minimum Gasteiger partial charge on any atom is -0.394 e. The molecule has 0 saturated heterocycles. The predicted molar refractivity (Wildman–Crippen MR) is 373 cm³/mol. The normalized spacial score (nSPS) is 13.3. The topological polar surface area (TPSA) is 69.6 Å². The molecule has 2 atom stereocenters. The van der Waals surface area contributed by atoms with Gasteiger partial charge in [-0.15, -0.1) is 0 Å². The first-order chi connectivity index (χ1) is 41.2. The molecule has 0 saturated carbocycles. The van der Waals surface area contributed by atoms with Crippen molar-refractivity contribution in [3.63, 3.8) is 0 Å². The molecule has 0 rings (SSSR count). The van der Waals surface area contributed by atoms with Gasteiger partial charge in [-0.25, -0.2) is 0 Å². The fraction of sp³-hybridized carbons (Fsp3) is 0.785. The quantitative estimate of drug-likeness (QED) is 0.0420. The number of carbonyl (C=O) groups excluding carboxylic acids is 1. The number of unbranched alkanes of at least 4 members (excludes halogenated alkanes) is 45. The monoisotopic (exact) mass is 1150 g/mol. The summed E-state index contributed by atoms with van der Waals surface area (Å²) >= 11 is 0. The Morgan fingerprint density at radius 2 is 0.530 bits per heavy atom. The Hall–Kier alpha value is -2.69. The Kier molecular flexibility index (Phi) is 71.2. The number of hydrogen-bond donors (Lipinski definition) is 3. The zero-order chi connectivity index (χ0) is 59.8. The van der Waals surface area contributed by atoms with Crippen LogP contribution in [0.5, 0.6) is 0 Å². The zero-order valence-electron chi connectivity index (χ0n) is 55.7. The second kappa shape index (κ2) is 73.6. The van der Waals surface area contributed by atoms with Gasteiger partial charge in [-0.1, -0.05) is 394 Å². The van der Waals surface area contributed by atoms with Gasteiger partial charge in [0.05, 0.1) is 18.8 Å². The Morgan fingerprint density at radius 1 is 0.301 bits per heavy atom. The molecular weight excluding hydrogens is 1010 g/mol. The lowest BCUT2D eigenvalue weighted by Gasteiger charge is -2.22. The van der Waals surface area contributed by atoms with E-state index in [1.54, 1.807) is 0 Å². The highest BCUT2D eigenvalue weighted by Crippen LogP contribution is 2.19. The van der Waals surface area contributed by atoms with E-state index in [9.17, 15) is 15.0 Å². The first-order valence-electron chi connectivity index (χ1n) is 36.9. The molecule has 482 valence electrons. The van der Waals surface area contributed by atoms with Gasteiger partial charge in [0, 0.05) is 6.42 Å². The molecule has 3 N–H and O–H groups in total. The van der Waals surface area contributed by atoms with Gasteiger partial charge in [-0.2, -0.15) is 0 Å². The minimum atomic E-state index is -0.666. The number of aliphatic hydroxyl groups excluding tert-OH is 2. The number of carbonyl (C=O) groups is 1. The van der Waals surface area contributed by atoms with Gasteiger partial charge in [0.1, 0.15) is 0 Å². The fourth-order valence-electron chi connectivity index (χ4n) is 11.3. The van der Waals surface area contributed by atoms with Gasteiger partial charge in [-0.3, -0.25) is 4.79 Å². The fourth-order valence-corrected chi connectivity index (χ4v) is 11.3. The van der Waals surface area contributed by atoms with E-state index >= 15 is 0 Å². The molecule has 0 bridgehead atoms. The highest BCUT2D eigenvalue weighted by Gasteiger charge is 2.20. The number of nitrogens with one attached hydrogen (secondary N) is 1. The number of hydrogen-bond acceptors (Lipinski definition) is 3. The summed E-state index contributed by atoms with van der Waals surface area (Å²) in [6.07, 6.45) is 109. The molecule has 0 aromatic carbocycles. The molecule has 0 aliphatic carbocycles. The van der Waals surface area contributed by atoms with Crippen LogP contribution in [-0.2, 0) is 4.79 Å². The maximum absolute atomic E-state index is 12.6. The summed E-state index contributed by atoms with van der Waals surface area (Å²) in [5.74, 6) is -0.0293. The third kappa shape index (κ3) is 70.0. The summed E-state index contributed by atoms with van der Waals surface area (Å²) in [7, 11) is 0. The molecule has 4 heteroatoms. The van der Waals surface area contributed by atoms with E-state index in [0.29, 0.717) is 12.8 Å². The highest BCUT2D eigenvalue weighted by molar-refractivity contribution is 5.76. The number of allylic oxidation sites excluding steroid dienone is 16. The van der Waals surface area contributed by atoms with Gasteiger partial charge < -0.3 is 15.5 Å². The third-order valence-electron chi connectivity index (χ3n) is 16.9. The van der Waals surface area contributed by atoms with Crippen molar-refractivity contribution in [1.82, 2.24) is 5.32 Å². The van der Waals surface area contributed by atoms with Crippen LogP contribution in [0.1, 0.15) is 380 Å². The Labute approximate surface area is 519 Å². The largest absolute Gasteiger partial charge is 0.394 e. The summed E-state index contributed by atoms with van der Waals surface area (Å²) in [5.41, 5.74) is 0. The zero-order valence-corrected chi connectivity index (χ0v) is 55.7. The van der Waals surface area contributed by atoms with Crippen LogP contribution in [0.15, 0.2) is 97.2 Å². The Bertz CT molecular complexity index is 1500. The van der Waals surface area contributed by atoms with E-state index < -0.39 is 12.1 Å². The van der Waals surface area contributed by atoms with Crippen LogP contribution in [0.2, 0.25) is 0 Å². The molecule has 83 heavy (non-hydrogen) atoms. The van der Waals surface area contributed by atoms with Gasteiger partial charge in [0.25, 0.3) is 0 Å². The van der Waals surface area contributed by atoms with Crippen LogP contribution in [0.4, 0.5) is 0 Å². The maximum Gasteiger partial charge on any atom is 0.220 e. The minimum absolute atomic E-state index is 0.0293. The van der Waals surface area contributed by atoms with Crippen molar-refractivity contribution in [3.8, 4) is 0 Å². The van der Waals surface area contributed by atoms with Crippen LogP contribution in [0, 0.1) is 0 Å². The van der Waals surface area contributed by atoms with E-state index in [1.807, 2.05) is 0 Å². The average Bonchev–Trinajstić information content (AvgIpc) is 3.51. The molecule has 0 aliphatic heterocycles. The van der Waals surface area contributed by atoms with Crippen molar-refractivity contribution in [2.45, 2.75) is 392 Å². The first-order valence-corrected chi connectivity index (χ1v) is 36.9. The van der Waals surface area contributed by atoms with Crippen LogP contribution in [0.25, 0.3) is 0 Å². The van der Waals surface area contributed by atoms with Gasteiger partial charge in [-0.05, 0) is 77.0 Å². The van der Waals surface area contributed by atoms with E-state index in [0.717, 1.165) is 77.0 Å². The van der Waals surface area contributed by atoms with Crippen molar-refractivity contribution in [2.24, 2.45) is 0 Å². The molecule has 0 radical (unpaired) electrons. The maximum atomic E-state index is 12.6. The molecule has 0 heterocycles. The van der Waals surface area contributed by atoms with Crippen LogP contribution in [0.3, 0.4) is 0 Å². The Morgan fingerprint density at radius 3 is 0.795 bits per heavy atom. The molecule has 4 nitrogen and oxygen atoms in total. The molecular formula is C79H143NO3. The van der Waals surface area contributed by atoms with E-state index in [-0.39, 0.29) is 12.5 Å². The van der Waals surface area contributed by atoms with E-state index in [1.165, 1.54) is 276 Å². The van der Waals surface area contributed by atoms with Crippen molar-refractivity contribution in [1.29, 1.82) is 0 Å². The second-order valence-electron chi connectivity index (χ2n) is 25.0. The summed E-state index contributed by atoms with van der Waals surface area (Å²) in [4.78, 5) is 12.6. The second-order valence-corrected chi connectivity index (χ2v) is 25.0. The molecule has 0 spiro atoms. The van der Waals surface area contributed by atoms with Gasteiger partial charge in [0.2, 0.25) is 5.91 Å². The summed E-state index contributed by atoms with van der Waals surface area (Å²) in [6, 6.07) is -0.543. The lowest BCUT2D eigenvalue weighted by atomic mass is 10.0. The number of aliphatic hydroxyl groups is 2. The summed E-state index contributed by atoms with van der Waals surface area (Å²) in [6.45, 7) is 4.28. The third-order valence-corrected chi connectivity index (χ3v) is 16.9. The summed E-state index contributed by atoms with van der Waals surface area (Å²) in [5, 5.41) is 23.5. The van der Waals surface area contributed by atoms with Crippen LogP contribution >= 0.6 is 0 Å². The predicted octanol–water partition coefficient (Wildman–Crippen LogP) is 25.5. The van der Waals surface area contributed by atoms with Crippen LogP contribution in [-0.4, -0.2) is 34.9 Å². The SMILES string of the molecule is CC/C=C\C/C=C\C/C=C\C/C=C\C/C=C\C/C=C\C/C=C\C/C=C\CCCCCCCCCCCCCCCCC(=O)NC(CO)C(O)CCCCCCCCCCCCCCCCCCCCCCCCCCCCCCCCCC. The highest BCUT2D eigenvalue weighted by atomic mass is 16.3. The van der Waals surface area contributed by atoms with E-state index in [4.69, 9.17) is 0 Å². The standard InChI is InChI=1S/C79H143NO3/c1-3-5-7-9-11-13-15-17-19-21-23-25-27-29-31-33-35-37-38-39-40-41-42-43-45-47-49-51-53-55-57-59-61-63-65-67-69-71-73-75-79(83)80-77(76-81)78(82)74-72-70-68-66-64-62-60-58-56-54-52-50-48-46-44-36-34-32-30-28-26-24-22-20-18-16-14-12-10-8-6-4-2/h5,7,11,13,17,19,23,25,29,31,35,37,39-40,42-43,77-78,81-82H,3-4,6,8-10,12,14-16,18,20-22,24,26-28,30,32-34,36,38,41,44-76H2,1-2H3,(H,80,83)/b7-5-,13-11-,19-17-,25-23-,31-29-,37-35-,40-39-,43-42-. The molecule has 0 fully saturated rings. The number of amides is 1. The smallest absolute Gasteiger partial charge is 0.220 e. The lowest BCUT2D eigenvalue weighted by Crippen LogP contribution is -2.45. The van der Waals surface area contributed by atoms with Crippen molar-refractivity contribution in [3.05, 3.63) is 97.2 Å². The van der Waals surface area contributed by atoms with Crippen molar-refractivity contribution < 1.29 is 15.0 Å². The molecule has 0 aromatic heterocycles. The molecule has 0 aliphatic rings. The van der Waals surface area contributed by atoms with E-state index in [2.05, 4.69) is 116 Å².